The average molecular weight is 366 g/mol. The van der Waals surface area contributed by atoms with Gasteiger partial charge in [0.15, 0.2) is 0 Å². The first-order valence-corrected chi connectivity index (χ1v) is 9.05. The van der Waals surface area contributed by atoms with Gasteiger partial charge in [0.2, 0.25) is 11.8 Å². The van der Waals surface area contributed by atoms with Gasteiger partial charge < -0.3 is 16.0 Å². The van der Waals surface area contributed by atoms with Crippen molar-refractivity contribution in [3.05, 3.63) is 23.8 Å². The Labute approximate surface area is 155 Å². The van der Waals surface area contributed by atoms with Gasteiger partial charge in [0.05, 0.1) is 0 Å². The van der Waals surface area contributed by atoms with Gasteiger partial charge >= 0.3 is 0 Å². The maximum atomic E-state index is 12.4. The van der Waals surface area contributed by atoms with Crippen LogP contribution in [0.1, 0.15) is 44.6 Å². The molecule has 0 spiro atoms. The van der Waals surface area contributed by atoms with Crippen molar-refractivity contribution < 1.29 is 9.59 Å². The van der Waals surface area contributed by atoms with E-state index in [-0.39, 0.29) is 24.2 Å². The molecular formula is C19H28ClN3O2. The molecule has 6 heteroatoms. The van der Waals surface area contributed by atoms with Gasteiger partial charge in [-0.15, -0.1) is 12.4 Å². The zero-order valence-corrected chi connectivity index (χ0v) is 15.6. The summed E-state index contributed by atoms with van der Waals surface area (Å²) in [7, 11) is 0. The SMILES string of the molecule is CC(CC(=O)Nc1ccc2c(c1)CCCC(=O)N2)C1CCNCC1.Cl. The van der Waals surface area contributed by atoms with Crippen LogP contribution < -0.4 is 16.0 Å². The molecule has 0 bridgehead atoms. The van der Waals surface area contributed by atoms with Gasteiger partial charge in [0.25, 0.3) is 0 Å². The van der Waals surface area contributed by atoms with E-state index in [1.54, 1.807) is 0 Å². The third-order valence-electron chi connectivity index (χ3n) is 5.21. The van der Waals surface area contributed by atoms with Crippen LogP contribution >= 0.6 is 12.4 Å². The van der Waals surface area contributed by atoms with Crippen LogP contribution in [-0.4, -0.2) is 24.9 Å². The minimum atomic E-state index is 0. The molecule has 3 N–H and O–H groups in total. The molecule has 0 saturated carbocycles. The van der Waals surface area contributed by atoms with Gasteiger partial charge in [-0.1, -0.05) is 6.92 Å². The number of benzene rings is 1. The molecule has 0 aliphatic carbocycles. The fraction of sp³-hybridized carbons (Fsp3) is 0.579. The molecule has 1 aromatic rings. The normalized spacial score (nSPS) is 19.0. The lowest BCUT2D eigenvalue weighted by Crippen LogP contribution is -2.32. The zero-order valence-electron chi connectivity index (χ0n) is 14.8. The lowest BCUT2D eigenvalue weighted by Gasteiger charge is -2.27. The monoisotopic (exact) mass is 365 g/mol. The molecule has 3 rings (SSSR count). The lowest BCUT2D eigenvalue weighted by molar-refractivity contribution is -0.117. The Kier molecular flexibility index (Phi) is 7.26. The lowest BCUT2D eigenvalue weighted by atomic mass is 9.84. The minimum Gasteiger partial charge on any atom is -0.326 e. The summed E-state index contributed by atoms with van der Waals surface area (Å²) in [5, 5.41) is 9.32. The quantitative estimate of drug-likeness (QED) is 0.766. The third kappa shape index (κ3) is 5.44. The van der Waals surface area contributed by atoms with Crippen LogP contribution in [0, 0.1) is 11.8 Å². The van der Waals surface area contributed by atoms with Gasteiger partial charge in [-0.2, -0.15) is 0 Å². The summed E-state index contributed by atoms with van der Waals surface area (Å²) in [6, 6.07) is 5.76. The summed E-state index contributed by atoms with van der Waals surface area (Å²) in [5.74, 6) is 1.20. The van der Waals surface area contributed by atoms with E-state index in [1.807, 2.05) is 18.2 Å². The smallest absolute Gasteiger partial charge is 0.224 e. The van der Waals surface area contributed by atoms with Crippen LogP contribution in [0.2, 0.25) is 0 Å². The molecule has 0 aromatic heterocycles. The molecule has 1 aromatic carbocycles. The van der Waals surface area contributed by atoms with Crippen molar-refractivity contribution in [2.24, 2.45) is 11.8 Å². The van der Waals surface area contributed by atoms with Gasteiger partial charge in [0.1, 0.15) is 0 Å². The van der Waals surface area contributed by atoms with Crippen molar-refractivity contribution in [3.8, 4) is 0 Å². The largest absolute Gasteiger partial charge is 0.326 e. The number of amides is 2. The van der Waals surface area contributed by atoms with E-state index in [2.05, 4.69) is 22.9 Å². The minimum absolute atomic E-state index is 0. The number of anilines is 2. The Morgan fingerprint density at radius 1 is 1.28 bits per heavy atom. The van der Waals surface area contributed by atoms with E-state index in [9.17, 15) is 9.59 Å². The number of hydrogen-bond acceptors (Lipinski definition) is 3. The number of fused-ring (bicyclic) bond motifs is 1. The molecule has 2 heterocycles. The van der Waals surface area contributed by atoms with E-state index < -0.39 is 0 Å². The highest BCUT2D eigenvalue weighted by Gasteiger charge is 2.22. The van der Waals surface area contributed by atoms with Crippen molar-refractivity contribution >= 4 is 35.6 Å². The van der Waals surface area contributed by atoms with Gasteiger partial charge in [-0.05, 0) is 74.4 Å². The summed E-state index contributed by atoms with van der Waals surface area (Å²) in [6.07, 6.45) is 5.16. The molecule has 1 fully saturated rings. The molecule has 25 heavy (non-hydrogen) atoms. The van der Waals surface area contributed by atoms with E-state index in [0.29, 0.717) is 24.7 Å². The first kappa shape index (κ1) is 19.7. The summed E-state index contributed by atoms with van der Waals surface area (Å²) in [5.41, 5.74) is 2.80. The second-order valence-corrected chi connectivity index (χ2v) is 7.09. The highest BCUT2D eigenvalue weighted by atomic mass is 35.5. The standard InChI is InChI=1S/C19H27N3O2.ClH/c1-13(14-7-9-20-10-8-14)11-19(24)21-16-5-6-17-15(12-16)3-2-4-18(23)22-17;/h5-6,12-14,20H,2-4,7-11H2,1H3,(H,21,24)(H,22,23);1H. The third-order valence-corrected chi connectivity index (χ3v) is 5.21. The van der Waals surface area contributed by atoms with E-state index >= 15 is 0 Å². The Balaban J connectivity index is 0.00000225. The van der Waals surface area contributed by atoms with Crippen molar-refractivity contribution in [1.29, 1.82) is 0 Å². The van der Waals surface area contributed by atoms with Gasteiger partial charge in [0, 0.05) is 24.2 Å². The molecule has 2 aliphatic rings. The van der Waals surface area contributed by atoms with Crippen LogP contribution in [0.15, 0.2) is 18.2 Å². The van der Waals surface area contributed by atoms with E-state index in [0.717, 1.165) is 55.7 Å². The number of nitrogens with one attached hydrogen (secondary N) is 3. The Morgan fingerprint density at radius 3 is 2.80 bits per heavy atom. The van der Waals surface area contributed by atoms with Crippen molar-refractivity contribution in [3.63, 3.8) is 0 Å². The van der Waals surface area contributed by atoms with Crippen LogP contribution in [0.5, 0.6) is 0 Å². The number of aryl methyl sites for hydroxylation is 1. The van der Waals surface area contributed by atoms with Gasteiger partial charge in [-0.25, -0.2) is 0 Å². The summed E-state index contributed by atoms with van der Waals surface area (Å²) >= 11 is 0. The summed E-state index contributed by atoms with van der Waals surface area (Å²) in [6.45, 7) is 4.31. The van der Waals surface area contributed by atoms with Crippen molar-refractivity contribution in [2.45, 2.75) is 45.4 Å². The molecule has 1 atom stereocenters. The predicted octanol–water partition coefficient (Wildman–Crippen LogP) is 3.35. The summed E-state index contributed by atoms with van der Waals surface area (Å²) < 4.78 is 0. The highest BCUT2D eigenvalue weighted by molar-refractivity contribution is 5.94. The van der Waals surface area contributed by atoms with Crippen LogP contribution in [0.3, 0.4) is 0 Å². The van der Waals surface area contributed by atoms with Gasteiger partial charge in [-0.3, -0.25) is 9.59 Å². The number of carbonyl (C=O) groups excluding carboxylic acids is 2. The Morgan fingerprint density at radius 2 is 2.04 bits per heavy atom. The van der Waals surface area contributed by atoms with Crippen LogP contribution in [-0.2, 0) is 16.0 Å². The fourth-order valence-electron chi connectivity index (χ4n) is 3.74. The molecule has 0 radical (unpaired) electrons. The second-order valence-electron chi connectivity index (χ2n) is 7.09. The van der Waals surface area contributed by atoms with E-state index in [1.165, 1.54) is 0 Å². The molecule has 2 aliphatic heterocycles. The second kappa shape index (κ2) is 9.20. The average Bonchev–Trinajstić information content (AvgIpc) is 2.76. The number of piperidine rings is 1. The van der Waals surface area contributed by atoms with Crippen molar-refractivity contribution in [2.75, 3.05) is 23.7 Å². The zero-order chi connectivity index (χ0) is 16.9. The summed E-state index contributed by atoms with van der Waals surface area (Å²) in [4.78, 5) is 24.0. The maximum Gasteiger partial charge on any atom is 0.224 e. The molecule has 2 amide bonds. The highest BCUT2D eigenvalue weighted by Crippen LogP contribution is 2.27. The molecule has 1 unspecified atom stereocenters. The number of halogens is 1. The molecule has 1 saturated heterocycles. The first-order chi connectivity index (χ1) is 11.6. The number of hydrogen-bond donors (Lipinski definition) is 3. The van der Waals surface area contributed by atoms with Crippen molar-refractivity contribution in [1.82, 2.24) is 5.32 Å². The topological polar surface area (TPSA) is 70.2 Å². The number of carbonyl (C=O) groups is 2. The van der Waals surface area contributed by atoms with E-state index in [4.69, 9.17) is 0 Å². The molecular weight excluding hydrogens is 338 g/mol. The predicted molar refractivity (Wildman–Crippen MR) is 103 cm³/mol. The molecule has 5 nitrogen and oxygen atoms in total. The first-order valence-electron chi connectivity index (χ1n) is 9.05. The maximum absolute atomic E-state index is 12.4. The fourth-order valence-corrected chi connectivity index (χ4v) is 3.74. The molecule has 138 valence electrons. The van der Waals surface area contributed by atoms with Crippen LogP contribution in [0.25, 0.3) is 0 Å². The van der Waals surface area contributed by atoms with Crippen LogP contribution in [0.4, 0.5) is 11.4 Å². The number of rotatable bonds is 4. The Hall–Kier alpha value is -1.59. The Bertz CT molecular complexity index is 615.